The number of aromatic carboxylic acids is 1. The molecule has 10 nitrogen and oxygen atoms in total. The highest BCUT2D eigenvalue weighted by Gasteiger charge is 2.36. The highest BCUT2D eigenvalue weighted by Crippen LogP contribution is 2.35. The van der Waals surface area contributed by atoms with Crippen LogP contribution in [0.3, 0.4) is 0 Å². The van der Waals surface area contributed by atoms with E-state index in [9.17, 15) is 19.2 Å². The van der Waals surface area contributed by atoms with Crippen molar-refractivity contribution in [2.45, 2.75) is 20.5 Å². The predicted octanol–water partition coefficient (Wildman–Crippen LogP) is 4.94. The third-order valence-electron chi connectivity index (χ3n) is 5.40. The molecule has 0 unspecified atom stereocenters. The number of ether oxygens (including phenoxy) is 2. The quantitative estimate of drug-likeness (QED) is 0.345. The van der Waals surface area contributed by atoms with Crippen molar-refractivity contribution in [3.63, 3.8) is 0 Å². The van der Waals surface area contributed by atoms with E-state index in [4.69, 9.17) is 19.0 Å². The molecular formula is C27H24N2O8S. The van der Waals surface area contributed by atoms with E-state index in [0.29, 0.717) is 35.1 Å². The first-order valence-electron chi connectivity index (χ1n) is 11.6. The van der Waals surface area contributed by atoms with E-state index in [-0.39, 0.29) is 17.3 Å². The molecule has 11 heteroatoms. The van der Waals surface area contributed by atoms with Gasteiger partial charge in [-0.15, -0.1) is 0 Å². The lowest BCUT2D eigenvalue weighted by molar-refractivity contribution is -0.127. The first-order valence-corrected chi connectivity index (χ1v) is 12.4. The Morgan fingerprint density at radius 2 is 1.87 bits per heavy atom. The summed E-state index contributed by atoms with van der Waals surface area (Å²) in [6, 6.07) is 15.0. The number of carbonyl (C=O) groups is 4. The minimum Gasteiger partial charge on any atom is -0.490 e. The zero-order chi connectivity index (χ0) is 27.2. The number of benzene rings is 2. The number of nitrogens with zero attached hydrogens (tertiary/aromatic N) is 1. The summed E-state index contributed by atoms with van der Waals surface area (Å²) in [5.74, 6) is -1.30. The summed E-state index contributed by atoms with van der Waals surface area (Å²) in [4.78, 5) is 49.9. The van der Waals surface area contributed by atoms with Crippen LogP contribution in [0.1, 0.15) is 34.4 Å². The molecule has 0 radical (unpaired) electrons. The van der Waals surface area contributed by atoms with Crippen LogP contribution in [0.15, 0.2) is 63.9 Å². The normalized spacial score (nSPS) is 14.2. The molecule has 4 rings (SSSR count). The van der Waals surface area contributed by atoms with E-state index in [1.807, 2.05) is 19.1 Å². The van der Waals surface area contributed by atoms with Crippen LogP contribution in [-0.2, 0) is 16.2 Å². The first-order chi connectivity index (χ1) is 18.2. The van der Waals surface area contributed by atoms with Gasteiger partial charge in [-0.3, -0.25) is 19.3 Å². The largest absolute Gasteiger partial charge is 0.490 e. The number of thioether (sulfide) groups is 1. The van der Waals surface area contributed by atoms with Crippen molar-refractivity contribution in [3.05, 3.63) is 82.1 Å². The molecule has 0 aliphatic carbocycles. The molecule has 1 fully saturated rings. The number of imide groups is 1. The lowest BCUT2D eigenvalue weighted by Crippen LogP contribution is -2.36. The van der Waals surface area contributed by atoms with Crippen molar-refractivity contribution in [1.82, 2.24) is 4.90 Å². The Morgan fingerprint density at radius 3 is 2.58 bits per heavy atom. The fourth-order valence-electron chi connectivity index (χ4n) is 3.56. The van der Waals surface area contributed by atoms with Gasteiger partial charge in [-0.2, -0.15) is 0 Å². The summed E-state index contributed by atoms with van der Waals surface area (Å²) in [6.07, 6.45) is 1.54. The molecule has 1 aromatic heterocycles. The van der Waals surface area contributed by atoms with E-state index < -0.39 is 29.6 Å². The Morgan fingerprint density at radius 1 is 1.08 bits per heavy atom. The SMILES string of the molecule is CCOc1cc(C=C2SC(=O)N(CC(=O)Nc3ccccc3C)C2=O)ccc1OCc1ccc(C(=O)O)o1. The highest BCUT2D eigenvalue weighted by atomic mass is 32.2. The minimum atomic E-state index is -1.17. The van der Waals surface area contributed by atoms with Crippen LogP contribution in [0.4, 0.5) is 10.5 Å². The van der Waals surface area contributed by atoms with Gasteiger partial charge in [-0.05, 0) is 73.1 Å². The molecule has 1 saturated heterocycles. The van der Waals surface area contributed by atoms with Crippen LogP contribution in [0.25, 0.3) is 6.08 Å². The molecule has 0 saturated carbocycles. The van der Waals surface area contributed by atoms with Crippen LogP contribution in [-0.4, -0.2) is 46.2 Å². The summed E-state index contributed by atoms with van der Waals surface area (Å²) in [7, 11) is 0. The number of aryl methyl sites for hydroxylation is 1. The molecule has 2 heterocycles. The van der Waals surface area contributed by atoms with Crippen molar-refractivity contribution in [2.24, 2.45) is 0 Å². The maximum atomic E-state index is 12.9. The zero-order valence-electron chi connectivity index (χ0n) is 20.6. The lowest BCUT2D eigenvalue weighted by atomic mass is 10.2. The number of carboxylic acids is 1. The van der Waals surface area contributed by atoms with Gasteiger partial charge in [0.25, 0.3) is 11.1 Å². The number of carboxylic acid groups (broad SMARTS) is 1. The molecule has 38 heavy (non-hydrogen) atoms. The van der Waals surface area contributed by atoms with Gasteiger partial charge < -0.3 is 24.3 Å². The second-order valence-corrected chi connectivity index (χ2v) is 9.12. The minimum absolute atomic E-state index is 0.0177. The first kappa shape index (κ1) is 26.6. The molecule has 2 aromatic carbocycles. The van der Waals surface area contributed by atoms with Crippen LogP contribution in [0.5, 0.6) is 11.5 Å². The summed E-state index contributed by atoms with van der Waals surface area (Å²) >= 11 is 0.750. The molecule has 1 aliphatic heterocycles. The molecule has 0 spiro atoms. The average Bonchev–Trinajstić information content (AvgIpc) is 3.46. The molecule has 0 bridgehead atoms. The number of hydrogen-bond donors (Lipinski definition) is 2. The summed E-state index contributed by atoms with van der Waals surface area (Å²) in [6.45, 7) is 3.57. The molecule has 1 aliphatic rings. The predicted molar refractivity (Wildman–Crippen MR) is 140 cm³/mol. The Kier molecular flexibility index (Phi) is 8.17. The topological polar surface area (TPSA) is 135 Å². The smallest absolute Gasteiger partial charge is 0.371 e. The van der Waals surface area contributed by atoms with Gasteiger partial charge in [0.05, 0.1) is 11.5 Å². The Hall–Kier alpha value is -4.51. The monoisotopic (exact) mass is 536 g/mol. The van der Waals surface area contributed by atoms with Crippen molar-refractivity contribution < 1.29 is 38.2 Å². The molecule has 0 atom stereocenters. The van der Waals surface area contributed by atoms with Gasteiger partial charge in [-0.1, -0.05) is 24.3 Å². The van der Waals surface area contributed by atoms with E-state index in [1.54, 1.807) is 43.3 Å². The van der Waals surface area contributed by atoms with Crippen LogP contribution in [0.2, 0.25) is 0 Å². The number of anilines is 1. The zero-order valence-corrected chi connectivity index (χ0v) is 21.4. The van der Waals surface area contributed by atoms with E-state index in [0.717, 1.165) is 22.2 Å². The number of furan rings is 1. The van der Waals surface area contributed by atoms with Crippen molar-refractivity contribution in [2.75, 3.05) is 18.5 Å². The van der Waals surface area contributed by atoms with Crippen LogP contribution >= 0.6 is 11.8 Å². The Labute approximate surface area is 222 Å². The molecule has 3 aromatic rings. The lowest BCUT2D eigenvalue weighted by Gasteiger charge is -2.13. The third-order valence-corrected chi connectivity index (χ3v) is 6.31. The molecule has 3 amide bonds. The molecule has 2 N–H and O–H groups in total. The maximum absolute atomic E-state index is 12.9. The number of hydrogen-bond acceptors (Lipinski definition) is 8. The molecular weight excluding hydrogens is 512 g/mol. The summed E-state index contributed by atoms with van der Waals surface area (Å²) < 4.78 is 16.6. The summed E-state index contributed by atoms with van der Waals surface area (Å²) in [5, 5.41) is 11.2. The standard InChI is InChI=1S/C27H24N2O8S/c1-3-35-22-12-17(8-10-20(22)36-15-18-9-11-21(37-18)26(32)33)13-23-25(31)29(27(34)38-23)14-24(30)28-19-7-5-4-6-16(19)2/h4-13H,3,14-15H2,1-2H3,(H,28,30)(H,32,33). The van der Waals surface area contributed by atoms with Crippen molar-refractivity contribution >= 4 is 46.5 Å². The van der Waals surface area contributed by atoms with Crippen LogP contribution < -0.4 is 14.8 Å². The Bertz CT molecular complexity index is 1430. The van der Waals surface area contributed by atoms with E-state index in [1.165, 1.54) is 12.1 Å². The van der Waals surface area contributed by atoms with E-state index >= 15 is 0 Å². The summed E-state index contributed by atoms with van der Waals surface area (Å²) in [5.41, 5.74) is 2.06. The van der Waals surface area contributed by atoms with Gasteiger partial charge in [0.2, 0.25) is 11.7 Å². The number of nitrogens with one attached hydrogen (secondary N) is 1. The van der Waals surface area contributed by atoms with Gasteiger partial charge in [0, 0.05) is 5.69 Å². The Balaban J connectivity index is 1.44. The molecule has 196 valence electrons. The number of carbonyl (C=O) groups excluding carboxylic acids is 3. The van der Waals surface area contributed by atoms with E-state index in [2.05, 4.69) is 5.32 Å². The van der Waals surface area contributed by atoms with Gasteiger partial charge in [0.1, 0.15) is 18.9 Å². The number of rotatable bonds is 10. The van der Waals surface area contributed by atoms with Gasteiger partial charge in [-0.25, -0.2) is 4.79 Å². The third kappa shape index (κ3) is 6.24. The van der Waals surface area contributed by atoms with Crippen molar-refractivity contribution in [3.8, 4) is 11.5 Å². The average molecular weight is 537 g/mol. The second-order valence-electron chi connectivity index (χ2n) is 8.13. The van der Waals surface area contributed by atoms with Crippen molar-refractivity contribution in [1.29, 1.82) is 0 Å². The van der Waals surface area contributed by atoms with Gasteiger partial charge in [0.15, 0.2) is 11.5 Å². The highest BCUT2D eigenvalue weighted by molar-refractivity contribution is 8.18. The number of amides is 3. The van der Waals surface area contributed by atoms with Crippen LogP contribution in [0, 0.1) is 6.92 Å². The number of para-hydroxylation sites is 1. The second kappa shape index (κ2) is 11.7. The van der Waals surface area contributed by atoms with Gasteiger partial charge >= 0.3 is 5.97 Å². The maximum Gasteiger partial charge on any atom is 0.371 e. The fourth-order valence-corrected chi connectivity index (χ4v) is 4.39. The fraction of sp³-hybridized carbons (Fsp3) is 0.185.